The van der Waals surface area contributed by atoms with Gasteiger partial charge >= 0.3 is 0 Å². The Morgan fingerprint density at radius 3 is 0.295 bits per heavy atom. The van der Waals surface area contributed by atoms with Gasteiger partial charge in [0.1, 0.15) is 52.4 Å². The highest BCUT2D eigenvalue weighted by atomic mass is 16.4. The van der Waals surface area contributed by atoms with E-state index in [1.165, 1.54) is 361 Å². The molecule has 8 aromatic rings. The van der Waals surface area contributed by atoms with Crippen LogP contribution in [0.1, 0.15) is 364 Å². The zero-order valence-corrected chi connectivity index (χ0v) is 83.6. The standard InChI is InChI=1S/8C13H22N.4CBNO2/c8*1-2-3-4-5-6-8-11-14-12-9-7-10-13-14;4*3-1-2(4)5/h8*7,9-10,12-13H,2-6,8,11H2,1H3;;;;/q8*+1;4*-2. The molecule has 0 aliphatic rings. The largest absolute Gasteiger partial charge is 0.881 e. The summed E-state index contributed by atoms with van der Waals surface area (Å²) in [4.78, 5) is 0. The smallest absolute Gasteiger partial charge is 0.168 e. The lowest BCUT2D eigenvalue weighted by molar-refractivity contribution is -0.697. The summed E-state index contributed by atoms with van der Waals surface area (Å²) in [5.74, 6) is 3.67. The minimum absolute atomic E-state index is 0.917. The summed E-state index contributed by atoms with van der Waals surface area (Å²) in [6, 6.07) is 50.0. The Morgan fingerprint density at radius 1 is 0.144 bits per heavy atom. The maximum absolute atomic E-state index is 8.98. The number of pyridine rings is 8. The van der Waals surface area contributed by atoms with Crippen molar-refractivity contribution in [3.8, 4) is 23.9 Å². The lowest BCUT2D eigenvalue weighted by Crippen LogP contribution is -2.43. The molecule has 0 saturated heterocycles. The van der Waals surface area contributed by atoms with Crippen molar-refractivity contribution in [3.63, 3.8) is 0 Å². The first kappa shape index (κ1) is 129. The molecule has 0 unspecified atom stereocenters. The number of rotatable bonds is 56. The van der Waals surface area contributed by atoms with Gasteiger partial charge in [-0.3, -0.25) is 0 Å². The summed E-state index contributed by atoms with van der Waals surface area (Å²) in [5, 5.41) is 101. The number of nitriles is 4. The number of hydrogen-bond donors (Lipinski definition) is 0. The minimum atomic E-state index is -2.31. The predicted octanol–water partition coefficient (Wildman–Crippen LogP) is 15.7. The van der Waals surface area contributed by atoms with Crippen molar-refractivity contribution >= 4 is 28.5 Å². The normalized spacial score (nSPS) is 9.67. The Bertz CT molecular complexity index is 2990. The molecule has 728 valence electrons. The summed E-state index contributed by atoms with van der Waals surface area (Å²) >= 11 is 0. The van der Waals surface area contributed by atoms with Crippen molar-refractivity contribution in [2.45, 2.75) is 416 Å². The monoisotopic (exact) mass is 1810 g/mol. The molecule has 0 fully saturated rings. The van der Waals surface area contributed by atoms with E-state index < -0.39 is 28.5 Å². The molecule has 0 spiro atoms. The average molecular weight is 1810 g/mol. The van der Waals surface area contributed by atoms with Crippen molar-refractivity contribution in [1.29, 1.82) is 21.0 Å². The fraction of sp³-hybridized carbons (Fsp3) is 0.593. The Morgan fingerprint density at radius 2 is 0.220 bits per heavy atom. The summed E-state index contributed by atoms with van der Waals surface area (Å²) in [6.45, 7) is 27.5. The van der Waals surface area contributed by atoms with E-state index in [4.69, 9.17) is 61.2 Å². The second-order valence-corrected chi connectivity index (χ2v) is 32.9. The van der Waals surface area contributed by atoms with Gasteiger partial charge < -0.3 is 40.2 Å². The van der Waals surface area contributed by atoms with E-state index in [2.05, 4.69) is 337 Å². The molecule has 0 aliphatic carbocycles. The molecule has 20 nitrogen and oxygen atoms in total. The molecule has 0 radical (unpaired) electrons. The van der Waals surface area contributed by atoms with E-state index >= 15 is 0 Å². The van der Waals surface area contributed by atoms with Gasteiger partial charge in [0, 0.05) is 177 Å². The van der Waals surface area contributed by atoms with Crippen LogP contribution < -0.4 is 76.7 Å². The second kappa shape index (κ2) is 111. The van der Waals surface area contributed by atoms with Gasteiger partial charge in [0.05, 0.1) is 0 Å². The molecule has 0 aromatic carbocycles. The van der Waals surface area contributed by atoms with E-state index in [-0.39, 0.29) is 0 Å². The molecule has 0 aliphatic heterocycles. The van der Waals surface area contributed by atoms with Crippen molar-refractivity contribution in [2.24, 2.45) is 0 Å². The predicted molar refractivity (Wildman–Crippen MR) is 526 cm³/mol. The molecule has 0 bridgehead atoms. The van der Waals surface area contributed by atoms with Crippen molar-refractivity contribution in [3.05, 3.63) is 245 Å². The van der Waals surface area contributed by atoms with Crippen molar-refractivity contribution in [2.75, 3.05) is 0 Å². The lowest BCUT2D eigenvalue weighted by atomic mass is 9.97. The SMILES string of the molecule is CCCCCCCC[n+]1ccccc1.CCCCCCCC[n+]1ccccc1.CCCCCCCC[n+]1ccccc1.CCCCCCCC[n+]1ccccc1.CCCCCCCC[n+]1ccccc1.CCCCCCCC[n+]1ccccc1.CCCCCCCC[n+]1ccccc1.CCCCCCCC[n+]1ccccc1.N#CB([O-])[O-].N#CB([O-])[O-].N#CB([O-])[O-].N#CB([O-])[O-]. The maximum Gasteiger partial charge on any atom is 0.168 e. The van der Waals surface area contributed by atoms with Gasteiger partial charge in [0.2, 0.25) is 0 Å². The highest BCUT2D eigenvalue weighted by Gasteiger charge is 2.05. The number of aromatic nitrogens is 8. The van der Waals surface area contributed by atoms with E-state index in [1.54, 1.807) is 0 Å². The highest BCUT2D eigenvalue weighted by molar-refractivity contribution is 6.47. The molecule has 0 N–H and O–H groups in total. The first-order chi connectivity index (χ1) is 64.5. The quantitative estimate of drug-likeness (QED) is 0.0195. The summed E-state index contributed by atoms with van der Waals surface area (Å²) in [7, 11) is -9.24. The van der Waals surface area contributed by atoms with E-state index in [9.17, 15) is 0 Å². The van der Waals surface area contributed by atoms with Crippen LogP contribution in [-0.2, 0) is 52.4 Å². The van der Waals surface area contributed by atoms with Crippen LogP contribution in [0.2, 0.25) is 0 Å². The van der Waals surface area contributed by atoms with Crippen molar-refractivity contribution < 1.29 is 76.7 Å². The zero-order chi connectivity index (χ0) is 97.6. The molecule has 132 heavy (non-hydrogen) atoms. The number of unbranched alkanes of at least 4 members (excludes halogenated alkanes) is 40. The van der Waals surface area contributed by atoms with Gasteiger partial charge in [-0.2, -0.15) is 0 Å². The van der Waals surface area contributed by atoms with E-state index in [0.29, 0.717) is 0 Å². The van der Waals surface area contributed by atoms with Crippen molar-refractivity contribution in [1.82, 2.24) is 0 Å². The highest BCUT2D eigenvalue weighted by Crippen LogP contribution is 2.11. The van der Waals surface area contributed by atoms with E-state index in [1.807, 2.05) is 0 Å². The molecule has 0 atom stereocenters. The number of nitrogens with zero attached hydrogens (tertiary/aromatic N) is 12. The van der Waals surface area contributed by atoms with Crippen LogP contribution in [0.15, 0.2) is 245 Å². The van der Waals surface area contributed by atoms with Crippen LogP contribution in [0.25, 0.3) is 0 Å². The third kappa shape index (κ3) is 108. The summed E-state index contributed by atoms with van der Waals surface area (Å²) in [5.41, 5.74) is 0. The molecule has 8 rings (SSSR count). The maximum atomic E-state index is 8.98. The molecule has 8 heterocycles. The molecular weight excluding hydrogens is 1640 g/mol. The summed E-state index contributed by atoms with van der Waals surface area (Å²) < 4.78 is 18.1. The Labute approximate surface area is 806 Å². The van der Waals surface area contributed by atoms with Crippen LogP contribution >= 0.6 is 0 Å². The summed E-state index contributed by atoms with van der Waals surface area (Å²) in [6.07, 6.45) is 100. The fourth-order valence-corrected chi connectivity index (χ4v) is 13.3. The number of aryl methyl sites for hydroxylation is 8. The molecule has 8 aromatic heterocycles. The van der Waals surface area contributed by atoms with Gasteiger partial charge in [-0.1, -0.05) is 309 Å². The third-order valence-corrected chi connectivity index (χ3v) is 20.8. The van der Waals surface area contributed by atoms with Crippen LogP contribution in [0.4, 0.5) is 0 Å². The Hall–Kier alpha value is -8.90. The van der Waals surface area contributed by atoms with Crippen LogP contribution in [0.5, 0.6) is 0 Å². The average Bonchev–Trinajstić information content (AvgIpc) is 1.01. The third-order valence-electron chi connectivity index (χ3n) is 20.8. The molecule has 24 heteroatoms. The first-order valence-electron chi connectivity index (χ1n) is 50.9. The van der Waals surface area contributed by atoms with E-state index in [0.717, 1.165) is 23.9 Å². The first-order valence-corrected chi connectivity index (χ1v) is 50.9. The van der Waals surface area contributed by atoms with Gasteiger partial charge in [-0.15, -0.1) is 0 Å². The number of hydrogen-bond acceptors (Lipinski definition) is 12. The Balaban J connectivity index is -0.000000688. The minimum Gasteiger partial charge on any atom is -0.881 e. The molecular formula is C108H176B4N12O8. The van der Waals surface area contributed by atoms with Crippen LogP contribution in [0.3, 0.4) is 0 Å². The van der Waals surface area contributed by atoms with Gasteiger partial charge in [-0.05, 0) is 75.2 Å². The van der Waals surface area contributed by atoms with Crippen LogP contribution in [0, 0.1) is 44.9 Å². The van der Waals surface area contributed by atoms with Gasteiger partial charge in [-0.25, -0.2) is 57.6 Å². The molecule has 0 saturated carbocycles. The van der Waals surface area contributed by atoms with Gasteiger partial charge in [0.15, 0.2) is 99.1 Å². The lowest BCUT2D eigenvalue weighted by Gasteiger charge is -2.12. The zero-order valence-electron chi connectivity index (χ0n) is 83.6. The molecule has 0 amide bonds. The second-order valence-electron chi connectivity index (χ2n) is 32.9. The van der Waals surface area contributed by atoms with Gasteiger partial charge in [0.25, 0.3) is 0 Å². The fourth-order valence-electron chi connectivity index (χ4n) is 13.3. The topological polar surface area (TPSA) is 311 Å². The van der Waals surface area contributed by atoms with Crippen LogP contribution in [-0.4, -0.2) is 28.5 Å². The Kier molecular flexibility index (Phi) is 109.